The molecule has 0 radical (unpaired) electrons. The number of ether oxygens (including phenoxy) is 2. The maximum Gasteiger partial charge on any atom is 0.357 e. The van der Waals surface area contributed by atoms with E-state index in [4.69, 9.17) is 21.1 Å². The highest BCUT2D eigenvalue weighted by Crippen LogP contribution is 2.28. The molecule has 1 amide bonds. The molecule has 1 aromatic heterocycles. The predicted octanol–water partition coefficient (Wildman–Crippen LogP) is 3.21. The van der Waals surface area contributed by atoms with Crippen molar-refractivity contribution in [2.24, 2.45) is 0 Å². The molecule has 0 saturated carbocycles. The maximum atomic E-state index is 12.9. The third-order valence-corrected chi connectivity index (χ3v) is 4.47. The van der Waals surface area contributed by atoms with Crippen LogP contribution in [0.4, 0.5) is 5.69 Å². The molecule has 0 saturated heterocycles. The van der Waals surface area contributed by atoms with Crippen molar-refractivity contribution in [3.63, 3.8) is 0 Å². The number of carbonyl (C=O) groups is 2. The fourth-order valence-electron chi connectivity index (χ4n) is 2.65. The van der Waals surface area contributed by atoms with E-state index in [9.17, 15) is 9.59 Å². The number of hydrogen-bond donors (Lipinski definition) is 1. The summed E-state index contributed by atoms with van der Waals surface area (Å²) in [6.45, 7) is 3.10. The molecule has 0 bridgehead atoms. The second kappa shape index (κ2) is 9.86. The lowest BCUT2D eigenvalue weighted by molar-refractivity contribution is -0.147. The van der Waals surface area contributed by atoms with E-state index < -0.39 is 18.0 Å². The number of tetrazole rings is 1. The summed E-state index contributed by atoms with van der Waals surface area (Å²) in [5, 5.41) is 14.3. The van der Waals surface area contributed by atoms with Gasteiger partial charge in [0.1, 0.15) is 5.75 Å². The van der Waals surface area contributed by atoms with Gasteiger partial charge in [0.25, 0.3) is 5.91 Å². The number of aryl methyl sites for hydroxylation is 1. The van der Waals surface area contributed by atoms with Crippen LogP contribution in [-0.2, 0) is 14.3 Å². The molecule has 1 atom stereocenters. The van der Waals surface area contributed by atoms with E-state index >= 15 is 0 Å². The van der Waals surface area contributed by atoms with Crippen LogP contribution in [0.15, 0.2) is 48.5 Å². The van der Waals surface area contributed by atoms with Crippen molar-refractivity contribution in [3.05, 3.63) is 64.9 Å². The normalized spacial score (nSPS) is 12.2. The van der Waals surface area contributed by atoms with Gasteiger partial charge in [-0.1, -0.05) is 41.9 Å². The van der Waals surface area contributed by atoms with E-state index in [0.717, 1.165) is 5.56 Å². The van der Waals surface area contributed by atoms with Crippen molar-refractivity contribution in [1.82, 2.24) is 20.2 Å². The number of benzene rings is 2. The summed E-state index contributed by atoms with van der Waals surface area (Å²) in [4.78, 5) is 25.5. The molecule has 160 valence electrons. The van der Waals surface area contributed by atoms with E-state index in [1.165, 1.54) is 24.8 Å². The van der Waals surface area contributed by atoms with Gasteiger partial charge >= 0.3 is 5.97 Å². The number of carbonyl (C=O) groups excluding carboxylic acids is 2. The third-order valence-electron chi connectivity index (χ3n) is 4.24. The molecule has 0 aliphatic heterocycles. The van der Waals surface area contributed by atoms with E-state index in [0.29, 0.717) is 22.3 Å². The number of esters is 1. The van der Waals surface area contributed by atoms with Crippen molar-refractivity contribution in [1.29, 1.82) is 0 Å². The number of rotatable bonds is 7. The number of amides is 1. The second-order valence-corrected chi connectivity index (χ2v) is 6.90. The Morgan fingerprint density at radius 1 is 1.19 bits per heavy atom. The summed E-state index contributed by atoms with van der Waals surface area (Å²) in [5.41, 5.74) is 1.16. The van der Waals surface area contributed by atoms with Gasteiger partial charge in [0, 0.05) is 5.02 Å². The zero-order valence-corrected chi connectivity index (χ0v) is 17.8. The van der Waals surface area contributed by atoms with Crippen molar-refractivity contribution < 1.29 is 19.1 Å². The number of methoxy groups -OCH3 is 1. The lowest BCUT2D eigenvalue weighted by atomic mass is 10.2. The van der Waals surface area contributed by atoms with Crippen LogP contribution in [0.25, 0.3) is 11.8 Å². The first-order valence-corrected chi connectivity index (χ1v) is 9.64. The number of nitrogens with one attached hydrogen (secondary N) is 1. The molecule has 2 aromatic carbocycles. The number of aromatic nitrogens is 4. The molecule has 9 nitrogen and oxygen atoms in total. The van der Waals surface area contributed by atoms with Crippen molar-refractivity contribution in [3.8, 4) is 5.75 Å². The molecule has 0 fully saturated rings. The number of anilines is 1. The van der Waals surface area contributed by atoms with Gasteiger partial charge in [0.05, 0.1) is 12.8 Å². The minimum absolute atomic E-state index is 0.0636. The van der Waals surface area contributed by atoms with Crippen LogP contribution in [0, 0.1) is 6.92 Å². The molecule has 3 aromatic rings. The first kappa shape index (κ1) is 22.0. The largest absolute Gasteiger partial charge is 0.495 e. The van der Waals surface area contributed by atoms with Crippen molar-refractivity contribution in [2.75, 3.05) is 12.4 Å². The third kappa shape index (κ3) is 5.46. The van der Waals surface area contributed by atoms with Crippen LogP contribution >= 0.6 is 11.6 Å². The summed E-state index contributed by atoms with van der Waals surface area (Å²) in [7, 11) is 1.47. The standard InChI is InChI=1S/C21H20ClN5O4/c1-13(20(28)23-17-12-16(22)9-10-19(17)30-3)31-21(29)18(27-14(2)24-25-26-27)11-15-7-5-4-6-8-15/h4-13H,1-3H3,(H,23,28)/b18-11-. The topological polar surface area (TPSA) is 108 Å². The molecule has 31 heavy (non-hydrogen) atoms. The molecule has 3 rings (SSSR count). The number of nitrogens with zero attached hydrogens (tertiary/aromatic N) is 4. The van der Waals surface area contributed by atoms with Gasteiger partial charge < -0.3 is 14.8 Å². The van der Waals surface area contributed by atoms with Crippen molar-refractivity contribution >= 4 is 40.9 Å². The highest BCUT2D eigenvalue weighted by molar-refractivity contribution is 6.31. The van der Waals surface area contributed by atoms with Gasteiger partial charge in [-0.05, 0) is 54.1 Å². The zero-order valence-electron chi connectivity index (χ0n) is 17.1. The second-order valence-electron chi connectivity index (χ2n) is 6.46. The monoisotopic (exact) mass is 441 g/mol. The van der Waals surface area contributed by atoms with Gasteiger partial charge in [-0.15, -0.1) is 5.10 Å². The zero-order chi connectivity index (χ0) is 22.4. The van der Waals surface area contributed by atoms with Gasteiger partial charge in [-0.3, -0.25) is 4.79 Å². The summed E-state index contributed by atoms with van der Waals surface area (Å²) in [6.07, 6.45) is 0.461. The Bertz CT molecular complexity index is 1110. The smallest absolute Gasteiger partial charge is 0.357 e. The minimum atomic E-state index is -1.12. The van der Waals surface area contributed by atoms with Gasteiger partial charge in [0.15, 0.2) is 17.6 Å². The van der Waals surface area contributed by atoms with Crippen LogP contribution in [0.1, 0.15) is 18.3 Å². The first-order chi connectivity index (χ1) is 14.9. The Labute approximate surface area is 183 Å². The van der Waals surface area contributed by atoms with E-state index in [-0.39, 0.29) is 5.70 Å². The summed E-state index contributed by atoms with van der Waals surface area (Å²) >= 11 is 5.99. The molecule has 1 N–H and O–H groups in total. The SMILES string of the molecule is COc1ccc(Cl)cc1NC(=O)C(C)OC(=O)/C(=C/c1ccccc1)n1nnnc1C. The Kier molecular flexibility index (Phi) is 6.99. The van der Waals surface area contributed by atoms with Crippen LogP contribution in [-0.4, -0.2) is 45.3 Å². The summed E-state index contributed by atoms with van der Waals surface area (Å²) in [5.74, 6) is -0.508. The fraction of sp³-hybridized carbons (Fsp3) is 0.190. The minimum Gasteiger partial charge on any atom is -0.495 e. The number of halogens is 1. The quantitative estimate of drug-likeness (QED) is 0.443. The first-order valence-electron chi connectivity index (χ1n) is 9.26. The molecule has 0 aliphatic carbocycles. The molecule has 10 heteroatoms. The predicted molar refractivity (Wildman–Crippen MR) is 115 cm³/mol. The molecule has 0 aliphatic rings. The average molecular weight is 442 g/mol. The van der Waals surface area contributed by atoms with E-state index in [2.05, 4.69) is 20.8 Å². The summed E-state index contributed by atoms with van der Waals surface area (Å²) < 4.78 is 11.9. The molecular weight excluding hydrogens is 422 g/mol. The Morgan fingerprint density at radius 2 is 1.94 bits per heavy atom. The summed E-state index contributed by atoms with van der Waals surface area (Å²) in [6, 6.07) is 13.9. The van der Waals surface area contributed by atoms with Crippen LogP contribution in [0.5, 0.6) is 5.75 Å². The molecule has 1 heterocycles. The van der Waals surface area contributed by atoms with Gasteiger partial charge in [0.2, 0.25) is 0 Å². The van der Waals surface area contributed by atoms with Crippen LogP contribution in [0.3, 0.4) is 0 Å². The fourth-order valence-corrected chi connectivity index (χ4v) is 2.83. The molecule has 0 spiro atoms. The molecule has 1 unspecified atom stereocenters. The van der Waals surface area contributed by atoms with Gasteiger partial charge in [-0.2, -0.15) is 4.68 Å². The van der Waals surface area contributed by atoms with Crippen molar-refractivity contribution in [2.45, 2.75) is 20.0 Å². The Balaban J connectivity index is 1.80. The van der Waals surface area contributed by atoms with Crippen LogP contribution < -0.4 is 10.1 Å². The van der Waals surface area contributed by atoms with E-state index in [1.807, 2.05) is 30.3 Å². The molecular formula is C21H20ClN5O4. The average Bonchev–Trinajstić information content (AvgIpc) is 3.18. The van der Waals surface area contributed by atoms with Gasteiger partial charge in [-0.25, -0.2) is 4.79 Å². The highest BCUT2D eigenvalue weighted by atomic mass is 35.5. The van der Waals surface area contributed by atoms with E-state index in [1.54, 1.807) is 25.1 Å². The maximum absolute atomic E-state index is 12.9. The van der Waals surface area contributed by atoms with Crippen LogP contribution in [0.2, 0.25) is 5.02 Å². The Morgan fingerprint density at radius 3 is 2.58 bits per heavy atom. The lowest BCUT2D eigenvalue weighted by Gasteiger charge is -2.16. The number of hydrogen-bond acceptors (Lipinski definition) is 7. The highest BCUT2D eigenvalue weighted by Gasteiger charge is 2.24. The Hall–Kier alpha value is -3.72. The lowest BCUT2D eigenvalue weighted by Crippen LogP contribution is -2.31.